The van der Waals surface area contributed by atoms with Gasteiger partial charge in [-0.15, -0.1) is 0 Å². The molecular weight excluding hydrogens is 386 g/mol. The van der Waals surface area contributed by atoms with Crippen molar-refractivity contribution in [1.29, 1.82) is 0 Å². The maximum Gasteiger partial charge on any atom is 0.338 e. The van der Waals surface area contributed by atoms with E-state index in [1.165, 1.54) is 25.2 Å². The van der Waals surface area contributed by atoms with Crippen molar-refractivity contribution < 1.29 is 27.5 Å². The highest BCUT2D eigenvalue weighted by Gasteiger charge is 2.17. The van der Waals surface area contributed by atoms with E-state index in [0.29, 0.717) is 0 Å². The van der Waals surface area contributed by atoms with Crippen molar-refractivity contribution in [2.24, 2.45) is 0 Å². The molecule has 148 valence electrons. The van der Waals surface area contributed by atoms with Gasteiger partial charge in [0.2, 0.25) is 10.0 Å². The van der Waals surface area contributed by atoms with Gasteiger partial charge in [-0.25, -0.2) is 22.7 Å². The summed E-state index contributed by atoms with van der Waals surface area (Å²) in [5, 5.41) is 4.11. The molecule has 3 N–H and O–H groups in total. The molecule has 0 atom stereocenters. The van der Waals surface area contributed by atoms with E-state index >= 15 is 0 Å². The van der Waals surface area contributed by atoms with Gasteiger partial charge in [-0.3, -0.25) is 10.1 Å². The van der Waals surface area contributed by atoms with E-state index < -0.39 is 34.5 Å². The number of amides is 3. The zero-order valence-corrected chi connectivity index (χ0v) is 15.8. The standard InChI is InChI=1S/C18H19N3O6S/c1-19-18(24)21-16(22)12-27-17(23)14-8-5-9-15(10-14)28(25,26)20-11-13-6-3-2-4-7-13/h2-10,20H,11-12H2,1H3,(H2,19,21,22,24). The lowest BCUT2D eigenvalue weighted by Crippen LogP contribution is -2.39. The van der Waals surface area contributed by atoms with E-state index in [4.69, 9.17) is 4.74 Å². The molecule has 0 saturated carbocycles. The van der Waals surface area contributed by atoms with Crippen LogP contribution in [0.1, 0.15) is 15.9 Å². The molecule has 0 aliphatic carbocycles. The van der Waals surface area contributed by atoms with Crippen LogP contribution in [0.5, 0.6) is 0 Å². The van der Waals surface area contributed by atoms with Crippen molar-refractivity contribution >= 4 is 27.9 Å². The summed E-state index contributed by atoms with van der Waals surface area (Å²) in [6, 6.07) is 13.4. The number of urea groups is 1. The first-order valence-corrected chi connectivity index (χ1v) is 9.62. The number of nitrogens with one attached hydrogen (secondary N) is 3. The number of imide groups is 1. The zero-order valence-electron chi connectivity index (χ0n) is 15.0. The third kappa shape index (κ3) is 6.18. The Morgan fingerprint density at radius 2 is 1.71 bits per heavy atom. The van der Waals surface area contributed by atoms with Gasteiger partial charge in [0.05, 0.1) is 10.5 Å². The molecule has 0 saturated heterocycles. The Labute approximate surface area is 162 Å². The normalized spacial score (nSPS) is 10.8. The highest BCUT2D eigenvalue weighted by molar-refractivity contribution is 7.89. The van der Waals surface area contributed by atoms with E-state index in [1.54, 1.807) is 24.3 Å². The Morgan fingerprint density at radius 1 is 1.00 bits per heavy atom. The first-order chi connectivity index (χ1) is 13.3. The molecule has 0 aliphatic rings. The molecular formula is C18H19N3O6S. The maximum absolute atomic E-state index is 12.4. The van der Waals surface area contributed by atoms with E-state index in [9.17, 15) is 22.8 Å². The van der Waals surface area contributed by atoms with Gasteiger partial charge in [-0.2, -0.15) is 0 Å². The summed E-state index contributed by atoms with van der Waals surface area (Å²) >= 11 is 0. The van der Waals surface area contributed by atoms with Crippen molar-refractivity contribution in [2.75, 3.05) is 13.7 Å². The molecule has 2 aromatic carbocycles. The largest absolute Gasteiger partial charge is 0.452 e. The number of sulfonamides is 1. The summed E-state index contributed by atoms with van der Waals surface area (Å²) in [4.78, 5) is 34.4. The molecule has 2 aromatic rings. The van der Waals surface area contributed by atoms with E-state index in [0.717, 1.165) is 11.6 Å². The number of esters is 1. The van der Waals surface area contributed by atoms with Crippen LogP contribution in [0, 0.1) is 0 Å². The minimum atomic E-state index is -3.86. The second kappa shape index (κ2) is 9.62. The van der Waals surface area contributed by atoms with Crippen molar-refractivity contribution in [2.45, 2.75) is 11.4 Å². The van der Waals surface area contributed by atoms with Crippen LogP contribution in [0.3, 0.4) is 0 Å². The number of carbonyl (C=O) groups is 3. The fourth-order valence-electron chi connectivity index (χ4n) is 2.09. The number of carbonyl (C=O) groups excluding carboxylic acids is 3. The quantitative estimate of drug-likeness (QED) is 0.584. The van der Waals surface area contributed by atoms with Crippen molar-refractivity contribution in [1.82, 2.24) is 15.4 Å². The maximum atomic E-state index is 12.4. The van der Waals surface area contributed by atoms with Crippen LogP contribution in [-0.2, 0) is 26.1 Å². The summed E-state index contributed by atoms with van der Waals surface area (Å²) in [7, 11) is -2.53. The zero-order chi connectivity index (χ0) is 20.6. The Bertz CT molecular complexity index is 960. The molecule has 3 amide bonds. The lowest BCUT2D eigenvalue weighted by molar-refractivity contribution is -0.123. The van der Waals surface area contributed by atoms with Crippen molar-refractivity contribution in [3.8, 4) is 0 Å². The molecule has 0 aromatic heterocycles. The first kappa shape index (κ1) is 21.1. The number of rotatable bonds is 7. The molecule has 0 spiro atoms. The number of ether oxygens (including phenoxy) is 1. The van der Waals surface area contributed by atoms with E-state index in [-0.39, 0.29) is 17.0 Å². The van der Waals surface area contributed by atoms with Crippen LogP contribution in [0.25, 0.3) is 0 Å². The minimum absolute atomic E-state index is 0.0460. The average Bonchev–Trinajstić information content (AvgIpc) is 2.71. The molecule has 0 bridgehead atoms. The summed E-state index contributed by atoms with van der Waals surface area (Å²) in [5.41, 5.74) is 0.735. The van der Waals surface area contributed by atoms with Crippen LogP contribution in [0.15, 0.2) is 59.5 Å². The second-order valence-electron chi connectivity index (χ2n) is 5.54. The minimum Gasteiger partial charge on any atom is -0.452 e. The van der Waals surface area contributed by atoms with Gasteiger partial charge in [0.15, 0.2) is 6.61 Å². The SMILES string of the molecule is CNC(=O)NC(=O)COC(=O)c1cccc(S(=O)(=O)NCc2ccccc2)c1. The predicted molar refractivity (Wildman–Crippen MR) is 99.8 cm³/mol. The van der Waals surface area contributed by atoms with Gasteiger partial charge in [-0.1, -0.05) is 36.4 Å². The average molecular weight is 405 g/mol. The molecule has 0 aliphatic heterocycles. The third-order valence-electron chi connectivity index (χ3n) is 3.50. The fraction of sp³-hybridized carbons (Fsp3) is 0.167. The van der Waals surface area contributed by atoms with Gasteiger partial charge in [0.25, 0.3) is 5.91 Å². The van der Waals surface area contributed by atoms with Crippen LogP contribution in [-0.4, -0.2) is 40.0 Å². The van der Waals surface area contributed by atoms with Gasteiger partial charge in [0, 0.05) is 13.6 Å². The molecule has 0 heterocycles. The lowest BCUT2D eigenvalue weighted by atomic mass is 10.2. The van der Waals surface area contributed by atoms with Crippen molar-refractivity contribution in [3.63, 3.8) is 0 Å². The van der Waals surface area contributed by atoms with Gasteiger partial charge in [0.1, 0.15) is 0 Å². The molecule has 9 nitrogen and oxygen atoms in total. The monoisotopic (exact) mass is 405 g/mol. The second-order valence-corrected chi connectivity index (χ2v) is 7.31. The summed E-state index contributed by atoms with van der Waals surface area (Å²) < 4.78 is 32.1. The predicted octanol–water partition coefficient (Wildman–Crippen LogP) is 0.778. The van der Waals surface area contributed by atoms with E-state index in [2.05, 4.69) is 10.0 Å². The van der Waals surface area contributed by atoms with E-state index in [1.807, 2.05) is 11.4 Å². The fourth-order valence-corrected chi connectivity index (χ4v) is 3.15. The highest BCUT2D eigenvalue weighted by Crippen LogP contribution is 2.13. The Kier molecular flexibility index (Phi) is 7.24. The molecule has 0 fully saturated rings. The molecule has 0 unspecified atom stereocenters. The van der Waals surface area contributed by atoms with Crippen LogP contribution in [0.2, 0.25) is 0 Å². The highest BCUT2D eigenvalue weighted by atomic mass is 32.2. The van der Waals surface area contributed by atoms with Crippen molar-refractivity contribution in [3.05, 3.63) is 65.7 Å². The number of benzene rings is 2. The topological polar surface area (TPSA) is 131 Å². The summed E-state index contributed by atoms with van der Waals surface area (Å²) in [5.74, 6) is -1.71. The summed E-state index contributed by atoms with van der Waals surface area (Å²) in [6.45, 7) is -0.590. The van der Waals surface area contributed by atoms with Crippen LogP contribution >= 0.6 is 0 Å². The molecule has 28 heavy (non-hydrogen) atoms. The Morgan fingerprint density at radius 3 is 2.39 bits per heavy atom. The summed E-state index contributed by atoms with van der Waals surface area (Å²) in [6.07, 6.45) is 0. The van der Waals surface area contributed by atoms with Gasteiger partial charge < -0.3 is 10.1 Å². The van der Waals surface area contributed by atoms with Gasteiger partial charge in [-0.05, 0) is 23.8 Å². The third-order valence-corrected chi connectivity index (χ3v) is 4.90. The lowest BCUT2D eigenvalue weighted by Gasteiger charge is -2.09. The number of hydrogen-bond donors (Lipinski definition) is 3. The molecule has 10 heteroatoms. The number of hydrogen-bond acceptors (Lipinski definition) is 6. The van der Waals surface area contributed by atoms with Crippen LogP contribution < -0.4 is 15.4 Å². The Hall–Kier alpha value is -3.24. The first-order valence-electron chi connectivity index (χ1n) is 8.14. The Balaban J connectivity index is 2.01. The molecule has 2 rings (SSSR count). The van der Waals surface area contributed by atoms with Gasteiger partial charge >= 0.3 is 12.0 Å². The molecule has 0 radical (unpaired) electrons. The van der Waals surface area contributed by atoms with Crippen LogP contribution in [0.4, 0.5) is 4.79 Å². The smallest absolute Gasteiger partial charge is 0.338 e.